The van der Waals surface area contributed by atoms with Gasteiger partial charge in [-0.3, -0.25) is 5.32 Å². The molecule has 0 aliphatic carbocycles. The van der Waals surface area contributed by atoms with Crippen LogP contribution in [0.25, 0.3) is 0 Å². The largest absolute Gasteiger partial charge is 0.444 e. The number of benzene rings is 1. The first kappa shape index (κ1) is 17.2. The molecular weight excluding hydrogens is 291 g/mol. The zero-order valence-corrected chi connectivity index (χ0v) is 12.6. The van der Waals surface area contributed by atoms with Crippen LogP contribution in [0.1, 0.15) is 20.8 Å². The standard InChI is InChI=1S/C13H19FN6O2/c1-13(2,3)22-12(21)18-7-4-5-8(14)9(6-7)19-11(17)20-10(15)16/h4-6H,1-3H3,(H,18,21)(H6,15,16,17,19,20). The molecule has 1 amide bonds. The Morgan fingerprint density at radius 1 is 1.27 bits per heavy atom. The number of hydrogen-bond acceptors (Lipinski definition) is 3. The Morgan fingerprint density at radius 2 is 1.91 bits per heavy atom. The summed E-state index contributed by atoms with van der Waals surface area (Å²) in [6, 6.07) is 3.75. The van der Waals surface area contributed by atoms with Crippen LogP contribution in [-0.2, 0) is 4.74 Å². The molecule has 0 atom stereocenters. The highest BCUT2D eigenvalue weighted by atomic mass is 19.1. The Balaban J connectivity index is 2.95. The molecule has 120 valence electrons. The van der Waals surface area contributed by atoms with E-state index in [1.807, 2.05) is 0 Å². The average Bonchev–Trinajstić information content (AvgIpc) is 2.29. The number of guanidine groups is 2. The van der Waals surface area contributed by atoms with E-state index in [-0.39, 0.29) is 23.3 Å². The Labute approximate surface area is 127 Å². The van der Waals surface area contributed by atoms with Crippen LogP contribution in [-0.4, -0.2) is 23.6 Å². The van der Waals surface area contributed by atoms with Crippen LogP contribution < -0.4 is 22.5 Å². The van der Waals surface area contributed by atoms with Crippen LogP contribution in [0.3, 0.4) is 0 Å². The highest BCUT2D eigenvalue weighted by Crippen LogP contribution is 2.23. The molecule has 0 spiro atoms. The topological polar surface area (TPSA) is 141 Å². The molecule has 1 aromatic rings. The number of nitrogens with one attached hydrogen (secondary N) is 1. The minimum atomic E-state index is -0.675. The summed E-state index contributed by atoms with van der Waals surface area (Å²) in [5.74, 6) is -1.26. The Hall–Kier alpha value is -2.84. The van der Waals surface area contributed by atoms with Crippen LogP contribution in [0.5, 0.6) is 0 Å². The van der Waals surface area contributed by atoms with Crippen LogP contribution >= 0.6 is 0 Å². The van der Waals surface area contributed by atoms with Gasteiger partial charge >= 0.3 is 6.09 Å². The first-order valence-corrected chi connectivity index (χ1v) is 6.30. The zero-order valence-electron chi connectivity index (χ0n) is 12.6. The molecule has 0 saturated carbocycles. The van der Waals surface area contributed by atoms with E-state index >= 15 is 0 Å². The molecule has 22 heavy (non-hydrogen) atoms. The van der Waals surface area contributed by atoms with Crippen molar-refractivity contribution in [1.82, 2.24) is 0 Å². The number of nitrogens with zero attached hydrogens (tertiary/aromatic N) is 2. The van der Waals surface area contributed by atoms with E-state index in [2.05, 4.69) is 15.3 Å². The van der Waals surface area contributed by atoms with Gasteiger partial charge in [-0.1, -0.05) is 0 Å². The number of rotatable bonds is 2. The summed E-state index contributed by atoms with van der Waals surface area (Å²) in [7, 11) is 0. The molecule has 0 bridgehead atoms. The maximum absolute atomic E-state index is 13.7. The van der Waals surface area contributed by atoms with Crippen LogP contribution in [0.4, 0.5) is 20.6 Å². The number of amides is 1. The van der Waals surface area contributed by atoms with Crippen LogP contribution in [0.15, 0.2) is 28.2 Å². The van der Waals surface area contributed by atoms with Crippen molar-refractivity contribution in [1.29, 1.82) is 0 Å². The number of aliphatic imine (C=N–C) groups is 2. The van der Waals surface area contributed by atoms with Gasteiger partial charge in [0.25, 0.3) is 0 Å². The van der Waals surface area contributed by atoms with Gasteiger partial charge in [0.05, 0.1) is 0 Å². The van der Waals surface area contributed by atoms with E-state index < -0.39 is 17.5 Å². The van der Waals surface area contributed by atoms with Crippen molar-refractivity contribution in [3.05, 3.63) is 24.0 Å². The van der Waals surface area contributed by atoms with Gasteiger partial charge in [-0.2, -0.15) is 4.99 Å². The van der Waals surface area contributed by atoms with Gasteiger partial charge in [-0.25, -0.2) is 14.2 Å². The summed E-state index contributed by atoms with van der Waals surface area (Å²) < 4.78 is 18.7. The fourth-order valence-corrected chi connectivity index (χ4v) is 1.38. The predicted octanol–water partition coefficient (Wildman–Crippen LogP) is 1.39. The lowest BCUT2D eigenvalue weighted by Crippen LogP contribution is -2.27. The molecule has 0 aromatic heterocycles. The molecule has 9 heteroatoms. The van der Waals surface area contributed by atoms with Crippen molar-refractivity contribution in [3.8, 4) is 0 Å². The third-order valence-electron chi connectivity index (χ3n) is 2.07. The smallest absolute Gasteiger partial charge is 0.412 e. The summed E-state index contributed by atoms with van der Waals surface area (Å²) >= 11 is 0. The molecule has 8 nitrogen and oxygen atoms in total. The number of carbonyl (C=O) groups excluding carboxylic acids is 1. The summed E-state index contributed by atoms with van der Waals surface area (Å²) in [6.07, 6.45) is -0.675. The molecule has 1 aromatic carbocycles. The van der Waals surface area contributed by atoms with Crippen molar-refractivity contribution in [2.45, 2.75) is 26.4 Å². The van der Waals surface area contributed by atoms with Crippen molar-refractivity contribution in [3.63, 3.8) is 0 Å². The second-order valence-corrected chi connectivity index (χ2v) is 5.30. The number of ether oxygens (including phenoxy) is 1. The van der Waals surface area contributed by atoms with E-state index in [0.717, 1.165) is 6.07 Å². The third kappa shape index (κ3) is 6.07. The van der Waals surface area contributed by atoms with E-state index in [0.29, 0.717) is 0 Å². The molecule has 1 rings (SSSR count). The summed E-state index contributed by atoms with van der Waals surface area (Å²) in [5, 5.41) is 2.46. The molecule has 0 aliphatic heterocycles. The van der Waals surface area contributed by atoms with Gasteiger partial charge in [0, 0.05) is 5.69 Å². The van der Waals surface area contributed by atoms with E-state index in [1.165, 1.54) is 12.1 Å². The fraction of sp³-hybridized carbons (Fsp3) is 0.308. The Morgan fingerprint density at radius 3 is 2.45 bits per heavy atom. The third-order valence-corrected chi connectivity index (χ3v) is 2.07. The lowest BCUT2D eigenvalue weighted by atomic mass is 10.2. The van der Waals surface area contributed by atoms with Gasteiger partial charge in [-0.15, -0.1) is 0 Å². The van der Waals surface area contributed by atoms with Gasteiger partial charge in [-0.05, 0) is 39.0 Å². The second-order valence-electron chi connectivity index (χ2n) is 5.30. The lowest BCUT2D eigenvalue weighted by Gasteiger charge is -2.19. The fourth-order valence-electron chi connectivity index (χ4n) is 1.38. The second kappa shape index (κ2) is 6.74. The summed E-state index contributed by atoms with van der Waals surface area (Å²) in [6.45, 7) is 5.18. The lowest BCUT2D eigenvalue weighted by molar-refractivity contribution is 0.0636. The maximum atomic E-state index is 13.7. The Kier molecular flexibility index (Phi) is 5.28. The normalized spacial score (nSPS) is 11.7. The van der Waals surface area contributed by atoms with Crippen molar-refractivity contribution >= 4 is 29.4 Å². The Bertz CT molecular complexity index is 617. The molecule has 7 N–H and O–H groups in total. The number of halogens is 1. The molecule has 0 saturated heterocycles. The zero-order chi connectivity index (χ0) is 16.9. The predicted molar refractivity (Wildman–Crippen MR) is 83.3 cm³/mol. The molecule has 0 fully saturated rings. The van der Waals surface area contributed by atoms with Crippen molar-refractivity contribution < 1.29 is 13.9 Å². The number of nitrogens with two attached hydrogens (primary N) is 3. The number of anilines is 1. The van der Waals surface area contributed by atoms with Gasteiger partial charge in [0.1, 0.15) is 17.1 Å². The van der Waals surface area contributed by atoms with E-state index in [9.17, 15) is 9.18 Å². The minimum absolute atomic E-state index is 0.129. The maximum Gasteiger partial charge on any atom is 0.412 e. The number of carbonyl (C=O) groups is 1. The number of hydrogen-bond donors (Lipinski definition) is 4. The van der Waals surface area contributed by atoms with Crippen LogP contribution in [0.2, 0.25) is 0 Å². The SMILES string of the molecule is CC(C)(C)OC(=O)Nc1ccc(F)c(N=C(N)N=C(N)N)c1. The van der Waals surface area contributed by atoms with Crippen molar-refractivity contribution in [2.75, 3.05) is 5.32 Å². The summed E-state index contributed by atoms with van der Waals surface area (Å²) in [4.78, 5) is 18.8. The summed E-state index contributed by atoms with van der Waals surface area (Å²) in [5.41, 5.74) is 15.2. The van der Waals surface area contributed by atoms with Crippen molar-refractivity contribution in [2.24, 2.45) is 27.2 Å². The van der Waals surface area contributed by atoms with Crippen LogP contribution in [0, 0.1) is 5.82 Å². The highest BCUT2D eigenvalue weighted by molar-refractivity contribution is 5.94. The van der Waals surface area contributed by atoms with Gasteiger partial charge in [0.15, 0.2) is 5.96 Å². The van der Waals surface area contributed by atoms with E-state index in [4.69, 9.17) is 21.9 Å². The first-order chi connectivity index (χ1) is 10.1. The molecule has 0 unspecified atom stereocenters. The quantitative estimate of drug-likeness (QED) is 0.482. The van der Waals surface area contributed by atoms with E-state index in [1.54, 1.807) is 20.8 Å². The molecule has 0 radical (unpaired) electrons. The highest BCUT2D eigenvalue weighted by Gasteiger charge is 2.16. The first-order valence-electron chi connectivity index (χ1n) is 6.30. The molecular formula is C13H19FN6O2. The van der Waals surface area contributed by atoms with Gasteiger partial charge in [0.2, 0.25) is 5.96 Å². The average molecular weight is 310 g/mol. The van der Waals surface area contributed by atoms with Gasteiger partial charge < -0.3 is 21.9 Å². The minimum Gasteiger partial charge on any atom is -0.444 e. The molecule has 0 heterocycles. The molecule has 0 aliphatic rings. The monoisotopic (exact) mass is 310 g/mol.